The van der Waals surface area contributed by atoms with E-state index in [4.69, 9.17) is 5.73 Å². The summed E-state index contributed by atoms with van der Waals surface area (Å²) < 4.78 is 0. The summed E-state index contributed by atoms with van der Waals surface area (Å²) in [4.78, 5) is 20.2. The van der Waals surface area contributed by atoms with E-state index in [0.717, 1.165) is 25.9 Å². The molecule has 0 radical (unpaired) electrons. The number of hydrogen-bond donors (Lipinski definition) is 1. The Hall–Kier alpha value is -1.92. The van der Waals surface area contributed by atoms with Gasteiger partial charge in [0.05, 0.1) is 4.92 Å². The van der Waals surface area contributed by atoms with Crippen LogP contribution in [0.5, 0.6) is 0 Å². The molecule has 1 aromatic heterocycles. The van der Waals surface area contributed by atoms with Crippen LogP contribution in [0.4, 0.5) is 17.5 Å². The Morgan fingerprint density at radius 1 is 1.56 bits per heavy atom. The van der Waals surface area contributed by atoms with Crippen LogP contribution in [0.25, 0.3) is 0 Å². The maximum Gasteiger partial charge on any atom is 0.329 e. The lowest BCUT2D eigenvalue weighted by Crippen LogP contribution is -2.41. The fourth-order valence-electron chi connectivity index (χ4n) is 2.27. The molecule has 0 unspecified atom stereocenters. The lowest BCUT2D eigenvalue weighted by atomic mass is 9.84. The highest BCUT2D eigenvalue weighted by atomic mass is 16.6. The Morgan fingerprint density at radius 2 is 2.28 bits per heavy atom. The van der Waals surface area contributed by atoms with Crippen molar-refractivity contribution in [3.05, 3.63) is 16.3 Å². The first kappa shape index (κ1) is 12.5. The van der Waals surface area contributed by atoms with Crippen molar-refractivity contribution in [2.45, 2.75) is 26.7 Å². The quantitative estimate of drug-likeness (QED) is 0.633. The van der Waals surface area contributed by atoms with Crippen LogP contribution in [0.3, 0.4) is 0 Å². The van der Waals surface area contributed by atoms with E-state index in [0.29, 0.717) is 5.95 Å². The third-order valence-electron chi connectivity index (χ3n) is 3.17. The highest BCUT2D eigenvalue weighted by molar-refractivity contribution is 5.53. The van der Waals surface area contributed by atoms with Crippen molar-refractivity contribution in [3.8, 4) is 0 Å². The van der Waals surface area contributed by atoms with Crippen LogP contribution in [-0.2, 0) is 0 Å². The highest BCUT2D eigenvalue weighted by Gasteiger charge is 2.28. The molecule has 0 spiro atoms. The normalized spacial score (nSPS) is 18.7. The number of nitrogens with two attached hydrogens (primary N) is 1. The van der Waals surface area contributed by atoms with Gasteiger partial charge in [0.25, 0.3) is 0 Å². The number of piperidine rings is 1. The van der Waals surface area contributed by atoms with Crippen molar-refractivity contribution >= 4 is 17.5 Å². The van der Waals surface area contributed by atoms with E-state index >= 15 is 0 Å². The number of hydrogen-bond acceptors (Lipinski definition) is 6. The Morgan fingerprint density at radius 3 is 2.83 bits per heavy atom. The summed E-state index contributed by atoms with van der Waals surface area (Å²) in [5, 5.41) is 10.6. The summed E-state index contributed by atoms with van der Waals surface area (Å²) in [6.45, 7) is 6.08. The fraction of sp³-hybridized carbons (Fsp3) is 0.636. The van der Waals surface area contributed by atoms with E-state index in [2.05, 4.69) is 23.8 Å². The van der Waals surface area contributed by atoms with E-state index in [1.165, 1.54) is 6.20 Å². The topological polar surface area (TPSA) is 98.2 Å². The maximum atomic E-state index is 10.6. The maximum absolute atomic E-state index is 10.6. The molecule has 2 heterocycles. The molecule has 1 saturated heterocycles. The van der Waals surface area contributed by atoms with Gasteiger partial charge in [0.15, 0.2) is 0 Å². The number of nitro groups is 1. The lowest BCUT2D eigenvalue weighted by molar-refractivity contribution is -0.384. The van der Waals surface area contributed by atoms with E-state index in [1.54, 1.807) is 0 Å². The zero-order valence-corrected chi connectivity index (χ0v) is 10.6. The predicted octanol–water partition coefficient (Wildman–Crippen LogP) is 1.59. The monoisotopic (exact) mass is 251 g/mol. The van der Waals surface area contributed by atoms with Crippen molar-refractivity contribution in [3.63, 3.8) is 0 Å². The van der Waals surface area contributed by atoms with Gasteiger partial charge in [-0.15, -0.1) is 0 Å². The number of nitrogens with zero attached hydrogens (tertiary/aromatic N) is 4. The first-order valence-corrected chi connectivity index (χ1v) is 5.91. The highest BCUT2D eigenvalue weighted by Crippen LogP contribution is 2.31. The molecule has 1 aliphatic rings. The van der Waals surface area contributed by atoms with Gasteiger partial charge < -0.3 is 10.6 Å². The van der Waals surface area contributed by atoms with Gasteiger partial charge in [0.1, 0.15) is 6.20 Å². The Bertz CT molecular complexity index is 475. The molecule has 1 aromatic rings. The first-order chi connectivity index (χ1) is 8.39. The molecule has 2 N–H and O–H groups in total. The lowest BCUT2D eigenvalue weighted by Gasteiger charge is -2.37. The van der Waals surface area contributed by atoms with Gasteiger partial charge in [0.2, 0.25) is 11.8 Å². The second-order valence-electron chi connectivity index (χ2n) is 5.39. The van der Waals surface area contributed by atoms with Crippen LogP contribution in [0.1, 0.15) is 26.7 Å². The molecule has 1 aliphatic heterocycles. The molecule has 1 fully saturated rings. The van der Waals surface area contributed by atoms with Crippen molar-refractivity contribution in [2.24, 2.45) is 5.41 Å². The smallest absolute Gasteiger partial charge is 0.329 e. The minimum Gasteiger partial charge on any atom is -0.378 e. The molecule has 7 nitrogen and oxygen atoms in total. The molecule has 7 heteroatoms. The van der Waals surface area contributed by atoms with Crippen LogP contribution in [0.15, 0.2) is 6.20 Å². The van der Waals surface area contributed by atoms with Crippen LogP contribution in [0.2, 0.25) is 0 Å². The van der Waals surface area contributed by atoms with Gasteiger partial charge in [-0.2, -0.15) is 4.98 Å². The van der Waals surface area contributed by atoms with Gasteiger partial charge in [-0.3, -0.25) is 10.1 Å². The van der Waals surface area contributed by atoms with E-state index < -0.39 is 4.92 Å². The van der Waals surface area contributed by atoms with E-state index in [1.807, 2.05) is 4.90 Å². The molecule has 0 aromatic carbocycles. The van der Waals surface area contributed by atoms with Crippen molar-refractivity contribution in [2.75, 3.05) is 23.7 Å². The third-order valence-corrected chi connectivity index (χ3v) is 3.17. The zero-order valence-electron chi connectivity index (χ0n) is 10.6. The summed E-state index contributed by atoms with van der Waals surface area (Å²) in [5.74, 6) is 0.402. The minimum atomic E-state index is -0.570. The Balaban J connectivity index is 2.24. The average molecular weight is 251 g/mol. The van der Waals surface area contributed by atoms with E-state index in [9.17, 15) is 10.1 Å². The van der Waals surface area contributed by atoms with Gasteiger partial charge in [-0.1, -0.05) is 13.8 Å². The SMILES string of the molecule is CC1(C)CCCN(c2ncc([N+](=O)[O-])c(N)n2)C1. The molecule has 0 saturated carbocycles. The number of aromatic nitrogens is 2. The summed E-state index contributed by atoms with van der Waals surface area (Å²) in [6.07, 6.45) is 3.40. The second-order valence-corrected chi connectivity index (χ2v) is 5.39. The third kappa shape index (κ3) is 2.49. The minimum absolute atomic E-state index is 0.0756. The molecule has 0 aliphatic carbocycles. The molecule has 0 bridgehead atoms. The summed E-state index contributed by atoms with van der Waals surface area (Å²) in [5.41, 5.74) is 5.54. The molecule has 18 heavy (non-hydrogen) atoms. The molecule has 0 atom stereocenters. The van der Waals surface area contributed by atoms with Gasteiger partial charge in [0, 0.05) is 13.1 Å². The summed E-state index contributed by atoms with van der Waals surface area (Å²) in [7, 11) is 0. The summed E-state index contributed by atoms with van der Waals surface area (Å²) >= 11 is 0. The Labute approximate surface area is 105 Å². The Kier molecular flexibility index (Phi) is 3.06. The molecular formula is C11H17N5O2. The fourth-order valence-corrected chi connectivity index (χ4v) is 2.27. The largest absolute Gasteiger partial charge is 0.378 e. The second kappa shape index (κ2) is 4.40. The molecule has 0 amide bonds. The average Bonchev–Trinajstić information content (AvgIpc) is 2.27. The van der Waals surface area contributed by atoms with Gasteiger partial charge in [-0.05, 0) is 18.3 Å². The standard InChI is InChI=1S/C11H17N5O2/c1-11(2)4-3-5-15(7-11)10-13-6-8(16(17)18)9(12)14-10/h6H,3-5,7H2,1-2H3,(H2,12,13,14). The van der Waals surface area contributed by atoms with Crippen LogP contribution < -0.4 is 10.6 Å². The van der Waals surface area contributed by atoms with Crippen molar-refractivity contribution in [1.29, 1.82) is 0 Å². The molecule has 2 rings (SSSR count). The van der Waals surface area contributed by atoms with Crippen LogP contribution in [0, 0.1) is 15.5 Å². The van der Waals surface area contributed by atoms with Gasteiger partial charge >= 0.3 is 5.69 Å². The van der Waals surface area contributed by atoms with E-state index in [-0.39, 0.29) is 16.9 Å². The summed E-state index contributed by atoms with van der Waals surface area (Å²) in [6, 6.07) is 0. The van der Waals surface area contributed by atoms with Gasteiger partial charge in [-0.25, -0.2) is 4.98 Å². The number of anilines is 2. The predicted molar refractivity (Wildman–Crippen MR) is 68.3 cm³/mol. The zero-order chi connectivity index (χ0) is 13.3. The number of rotatable bonds is 2. The van der Waals surface area contributed by atoms with Crippen molar-refractivity contribution < 1.29 is 4.92 Å². The molecule has 98 valence electrons. The number of nitrogen functional groups attached to an aromatic ring is 1. The first-order valence-electron chi connectivity index (χ1n) is 5.91. The van der Waals surface area contributed by atoms with Crippen molar-refractivity contribution in [1.82, 2.24) is 9.97 Å². The van der Waals surface area contributed by atoms with Crippen LogP contribution in [-0.4, -0.2) is 28.0 Å². The van der Waals surface area contributed by atoms with Crippen LogP contribution >= 0.6 is 0 Å². The molecular weight excluding hydrogens is 234 g/mol.